The Morgan fingerprint density at radius 2 is 1.82 bits per heavy atom. The molecular weight excluding hydrogens is 426 g/mol. The summed E-state index contributed by atoms with van der Waals surface area (Å²) >= 11 is 0. The molecule has 2 N–H and O–H groups in total. The van der Waals surface area contributed by atoms with E-state index in [1.165, 1.54) is 6.07 Å². The molecule has 0 bridgehead atoms. The molecule has 2 amide bonds. The zero-order chi connectivity index (χ0) is 24.4. The number of aryl methyl sites for hydroxylation is 2. The van der Waals surface area contributed by atoms with E-state index in [9.17, 15) is 24.0 Å². The van der Waals surface area contributed by atoms with Crippen LogP contribution in [0.4, 0.5) is 5.69 Å². The van der Waals surface area contributed by atoms with Crippen LogP contribution in [0, 0.1) is 0 Å². The molecule has 2 rings (SSSR count). The average molecular weight is 456 g/mol. The van der Waals surface area contributed by atoms with Crippen LogP contribution in [0.2, 0.25) is 0 Å². The third-order valence-electron chi connectivity index (χ3n) is 5.07. The summed E-state index contributed by atoms with van der Waals surface area (Å²) in [6, 6.07) is 11.1. The Morgan fingerprint density at radius 3 is 2.39 bits per heavy atom. The lowest BCUT2D eigenvalue weighted by atomic mass is 10.1. The number of aromatic nitrogens is 1. The summed E-state index contributed by atoms with van der Waals surface area (Å²) in [5.41, 5.74) is 0.658. The molecule has 0 aliphatic heterocycles. The third-order valence-corrected chi connectivity index (χ3v) is 5.07. The predicted octanol–water partition coefficient (Wildman–Crippen LogP) is 2.29. The number of aldehydes is 1. The summed E-state index contributed by atoms with van der Waals surface area (Å²) < 4.78 is 1.02. The molecule has 2 aromatic rings. The van der Waals surface area contributed by atoms with E-state index in [4.69, 9.17) is 5.11 Å². The van der Waals surface area contributed by atoms with Crippen LogP contribution in [0.3, 0.4) is 0 Å². The van der Waals surface area contributed by atoms with Crippen molar-refractivity contribution in [2.45, 2.75) is 58.4 Å². The molecule has 0 fully saturated rings. The van der Waals surface area contributed by atoms with Crippen LogP contribution in [0.15, 0.2) is 47.3 Å². The van der Waals surface area contributed by atoms with Gasteiger partial charge in [0, 0.05) is 19.0 Å². The lowest BCUT2D eigenvalue weighted by Gasteiger charge is -2.30. The first-order chi connectivity index (χ1) is 15.8. The number of hydrogen-bond acceptors (Lipinski definition) is 5. The number of amides is 2. The highest BCUT2D eigenvalue weighted by Gasteiger charge is 2.28. The molecule has 9 nitrogen and oxygen atoms in total. The van der Waals surface area contributed by atoms with Gasteiger partial charge in [-0.1, -0.05) is 43.7 Å². The first-order valence-electron chi connectivity index (χ1n) is 10.8. The van der Waals surface area contributed by atoms with Gasteiger partial charge in [-0.3, -0.25) is 19.2 Å². The van der Waals surface area contributed by atoms with E-state index in [2.05, 4.69) is 5.32 Å². The van der Waals surface area contributed by atoms with E-state index in [1.54, 1.807) is 6.07 Å². The van der Waals surface area contributed by atoms with Crippen molar-refractivity contribution < 1.29 is 24.3 Å². The van der Waals surface area contributed by atoms with Crippen LogP contribution in [0.25, 0.3) is 0 Å². The molecule has 0 radical (unpaired) electrons. The number of aliphatic carboxylic acids is 1. The van der Waals surface area contributed by atoms with E-state index in [1.807, 2.05) is 37.3 Å². The van der Waals surface area contributed by atoms with E-state index in [0.29, 0.717) is 31.2 Å². The molecule has 1 heterocycles. The number of nitrogens with one attached hydrogen (secondary N) is 1. The molecule has 0 aliphatic rings. The Morgan fingerprint density at radius 1 is 1.12 bits per heavy atom. The van der Waals surface area contributed by atoms with E-state index < -0.39 is 29.9 Å². The molecule has 0 saturated carbocycles. The van der Waals surface area contributed by atoms with Crippen molar-refractivity contribution in [1.82, 2.24) is 4.68 Å². The number of pyridine rings is 1. The number of unbranched alkanes of at least 4 members (excludes halogenated alkanes) is 1. The van der Waals surface area contributed by atoms with Crippen LogP contribution in [0.5, 0.6) is 0 Å². The smallest absolute Gasteiger partial charge is 0.305 e. The van der Waals surface area contributed by atoms with E-state index in [0.717, 1.165) is 28.6 Å². The van der Waals surface area contributed by atoms with Crippen molar-refractivity contribution in [3.05, 3.63) is 64.1 Å². The summed E-state index contributed by atoms with van der Waals surface area (Å²) in [7, 11) is 0. The van der Waals surface area contributed by atoms with Gasteiger partial charge in [-0.15, -0.1) is 0 Å². The van der Waals surface area contributed by atoms with Crippen LogP contribution in [-0.2, 0) is 32.0 Å². The molecule has 176 valence electrons. The number of anilines is 1. The van der Waals surface area contributed by atoms with Gasteiger partial charge in [-0.25, -0.2) is 9.69 Å². The van der Waals surface area contributed by atoms with Crippen LogP contribution in [-0.4, -0.2) is 39.9 Å². The Bertz CT molecular complexity index is 1050. The number of benzene rings is 1. The minimum atomic E-state index is -1.37. The van der Waals surface area contributed by atoms with Crippen LogP contribution >= 0.6 is 0 Å². The normalized spacial score (nSPS) is 11.5. The highest BCUT2D eigenvalue weighted by Crippen LogP contribution is 2.13. The topological polar surface area (TPSA) is 126 Å². The van der Waals surface area contributed by atoms with Gasteiger partial charge in [0.15, 0.2) is 0 Å². The number of carbonyl (C=O) groups is 4. The van der Waals surface area contributed by atoms with Gasteiger partial charge < -0.3 is 15.2 Å². The summed E-state index contributed by atoms with van der Waals surface area (Å²) in [5, 5.41) is 12.6. The zero-order valence-corrected chi connectivity index (χ0v) is 18.8. The van der Waals surface area contributed by atoms with Crippen molar-refractivity contribution in [3.8, 4) is 0 Å². The molecular formula is C24H29N3O6. The molecule has 1 unspecified atom stereocenters. The number of rotatable bonds is 12. The first kappa shape index (κ1) is 25.5. The lowest BCUT2D eigenvalue weighted by molar-refractivity contribution is -0.138. The maximum Gasteiger partial charge on any atom is 0.305 e. The fraction of sp³-hybridized carbons (Fsp3) is 0.375. The molecule has 1 atom stereocenters. The fourth-order valence-corrected chi connectivity index (χ4v) is 3.45. The van der Waals surface area contributed by atoms with Crippen molar-refractivity contribution in [2.75, 3.05) is 10.3 Å². The Kier molecular flexibility index (Phi) is 9.53. The molecule has 9 heteroatoms. The first-order valence-corrected chi connectivity index (χ1v) is 10.8. The minimum absolute atomic E-state index is 0.0560. The predicted molar refractivity (Wildman–Crippen MR) is 124 cm³/mol. The minimum Gasteiger partial charge on any atom is -0.481 e. The highest BCUT2D eigenvalue weighted by molar-refractivity contribution is 5.92. The number of carboxylic acids is 1. The molecule has 0 aliphatic carbocycles. The van der Waals surface area contributed by atoms with Crippen molar-refractivity contribution >= 4 is 29.8 Å². The van der Waals surface area contributed by atoms with Gasteiger partial charge in [-0.05, 0) is 37.0 Å². The van der Waals surface area contributed by atoms with Crippen LogP contribution in [0.1, 0.15) is 50.8 Å². The van der Waals surface area contributed by atoms with Crippen LogP contribution < -0.4 is 15.9 Å². The van der Waals surface area contributed by atoms with Crippen molar-refractivity contribution in [3.63, 3.8) is 0 Å². The number of carboxylic acid groups (broad SMARTS) is 1. The van der Waals surface area contributed by atoms with Gasteiger partial charge in [0.25, 0.3) is 5.56 Å². The summed E-state index contributed by atoms with van der Waals surface area (Å²) in [6.45, 7) is 3.12. The van der Waals surface area contributed by atoms with Gasteiger partial charge >= 0.3 is 5.97 Å². The quantitative estimate of drug-likeness (QED) is 0.473. The molecule has 1 aromatic carbocycles. The van der Waals surface area contributed by atoms with Crippen molar-refractivity contribution in [1.29, 1.82) is 0 Å². The lowest BCUT2D eigenvalue weighted by Crippen LogP contribution is -2.54. The van der Waals surface area contributed by atoms with Gasteiger partial charge in [-0.2, -0.15) is 0 Å². The average Bonchev–Trinajstić information content (AvgIpc) is 2.79. The third kappa shape index (κ3) is 7.13. The molecule has 0 spiro atoms. The second-order valence-electron chi connectivity index (χ2n) is 7.66. The molecule has 33 heavy (non-hydrogen) atoms. The molecule has 1 aromatic heterocycles. The Labute approximate surface area is 192 Å². The van der Waals surface area contributed by atoms with Gasteiger partial charge in [0.1, 0.15) is 18.0 Å². The second-order valence-corrected chi connectivity index (χ2v) is 7.66. The van der Waals surface area contributed by atoms with Gasteiger partial charge in [0.05, 0.1) is 6.42 Å². The maximum absolute atomic E-state index is 13.3. The number of carbonyl (C=O) groups excluding carboxylic acids is 3. The van der Waals surface area contributed by atoms with E-state index in [-0.39, 0.29) is 18.0 Å². The molecule has 0 saturated heterocycles. The Balaban J connectivity index is 2.40. The fourth-order valence-electron chi connectivity index (χ4n) is 3.45. The maximum atomic E-state index is 13.3. The Hall–Kier alpha value is -3.75. The van der Waals surface area contributed by atoms with E-state index >= 15 is 0 Å². The van der Waals surface area contributed by atoms with Crippen molar-refractivity contribution in [2.24, 2.45) is 0 Å². The zero-order valence-electron chi connectivity index (χ0n) is 18.8. The summed E-state index contributed by atoms with van der Waals surface area (Å²) in [4.78, 5) is 61.1. The standard InChI is InChI=1S/C24H29N3O6/c1-3-4-10-19-12-13-21(25-22(30)14-11-18-8-6-5-7-9-18)24(33)27(19)26(17(2)29)20(16-28)15-23(31)32/h5-9,12-13,16,20H,3-4,10-11,14-15H2,1-2H3,(H,25,30)(H,31,32). The second kappa shape index (κ2) is 12.3. The monoisotopic (exact) mass is 455 g/mol. The largest absolute Gasteiger partial charge is 0.481 e. The summed E-state index contributed by atoms with van der Waals surface area (Å²) in [5.74, 6) is -2.33. The number of nitrogens with zero attached hydrogens (tertiary/aromatic N) is 2. The SMILES string of the molecule is CCCCc1ccc(NC(=O)CCc2ccccc2)c(=O)n1N(C(C)=O)C(C=O)CC(=O)O. The number of hydrogen-bond donors (Lipinski definition) is 2. The van der Waals surface area contributed by atoms with Gasteiger partial charge in [0.2, 0.25) is 11.8 Å². The highest BCUT2D eigenvalue weighted by atomic mass is 16.4. The summed E-state index contributed by atoms with van der Waals surface area (Å²) in [6.07, 6.45) is 2.26.